The van der Waals surface area contributed by atoms with Crippen molar-refractivity contribution in [3.05, 3.63) is 35.6 Å². The van der Waals surface area contributed by atoms with Crippen LogP contribution in [0.15, 0.2) is 24.3 Å². The first-order chi connectivity index (χ1) is 6.63. The van der Waals surface area contributed by atoms with Crippen LogP contribution in [0.1, 0.15) is 24.8 Å². The maximum absolute atomic E-state index is 12.7. The summed E-state index contributed by atoms with van der Waals surface area (Å²) in [6, 6.07) is 6.83. The number of likely N-dealkylation sites (N-methyl/N-ethyl adjacent to an activating group) is 1. The van der Waals surface area contributed by atoms with Crippen molar-refractivity contribution >= 4 is 0 Å². The van der Waals surface area contributed by atoms with E-state index in [1.165, 1.54) is 17.7 Å². The third kappa shape index (κ3) is 3.11. The largest absolute Gasteiger partial charge is 0.309 e. The molecule has 1 nitrogen and oxygen atoms in total. The van der Waals surface area contributed by atoms with Crippen LogP contribution >= 0.6 is 0 Å². The minimum atomic E-state index is -0.159. The molecule has 0 aromatic heterocycles. The molecule has 0 radical (unpaired) electrons. The van der Waals surface area contributed by atoms with Crippen molar-refractivity contribution in [2.24, 2.45) is 0 Å². The number of nitrogens with zero attached hydrogens (tertiary/aromatic N) is 1. The smallest absolute Gasteiger partial charge is 0.123 e. The second kappa shape index (κ2) is 5.11. The number of rotatable bonds is 4. The van der Waals surface area contributed by atoms with Crippen LogP contribution in [0.5, 0.6) is 0 Å². The lowest BCUT2D eigenvalue weighted by Crippen LogP contribution is -2.19. The lowest BCUT2D eigenvalue weighted by atomic mass is 9.96. The molecule has 1 unspecified atom stereocenters. The summed E-state index contributed by atoms with van der Waals surface area (Å²) >= 11 is 0. The Morgan fingerprint density at radius 2 is 1.79 bits per heavy atom. The van der Waals surface area contributed by atoms with Gasteiger partial charge in [0.05, 0.1) is 0 Å². The van der Waals surface area contributed by atoms with Crippen LogP contribution in [0.2, 0.25) is 0 Å². The van der Waals surface area contributed by atoms with Crippen molar-refractivity contribution in [3.8, 4) is 0 Å². The van der Waals surface area contributed by atoms with E-state index in [1.807, 2.05) is 12.1 Å². The van der Waals surface area contributed by atoms with Crippen molar-refractivity contribution in [2.45, 2.75) is 19.3 Å². The molecule has 0 aliphatic carbocycles. The van der Waals surface area contributed by atoms with E-state index < -0.39 is 0 Å². The average molecular weight is 195 g/mol. The fourth-order valence-electron chi connectivity index (χ4n) is 1.65. The number of hydrogen-bond donors (Lipinski definition) is 0. The number of benzene rings is 1. The van der Waals surface area contributed by atoms with Crippen molar-refractivity contribution in [1.82, 2.24) is 4.90 Å². The Morgan fingerprint density at radius 1 is 1.21 bits per heavy atom. The molecule has 0 heterocycles. The molecule has 1 aromatic carbocycles. The van der Waals surface area contributed by atoms with E-state index in [0.29, 0.717) is 5.92 Å². The highest BCUT2D eigenvalue weighted by Gasteiger charge is 2.09. The minimum absolute atomic E-state index is 0.159. The summed E-state index contributed by atoms with van der Waals surface area (Å²) in [6.07, 6.45) is 1.09. The zero-order chi connectivity index (χ0) is 10.6. The van der Waals surface area contributed by atoms with Crippen LogP contribution in [-0.2, 0) is 0 Å². The highest BCUT2D eigenvalue weighted by Crippen LogP contribution is 2.20. The van der Waals surface area contributed by atoms with Crippen LogP contribution in [0, 0.1) is 5.82 Å². The Kier molecular flexibility index (Phi) is 4.08. The van der Waals surface area contributed by atoms with Crippen LogP contribution in [0.25, 0.3) is 0 Å². The first-order valence-corrected chi connectivity index (χ1v) is 5.03. The summed E-state index contributed by atoms with van der Waals surface area (Å²) in [5, 5.41) is 0. The highest BCUT2D eigenvalue weighted by atomic mass is 19.1. The quantitative estimate of drug-likeness (QED) is 0.714. The lowest BCUT2D eigenvalue weighted by Gasteiger charge is -2.19. The van der Waals surface area contributed by atoms with Gasteiger partial charge in [-0.25, -0.2) is 4.39 Å². The SMILES string of the molecule is CCC(CN(C)C)c1ccc(F)cc1. The van der Waals surface area contributed by atoms with Crippen molar-refractivity contribution in [1.29, 1.82) is 0 Å². The molecule has 0 saturated heterocycles. The van der Waals surface area contributed by atoms with Gasteiger partial charge >= 0.3 is 0 Å². The molecule has 1 rings (SSSR count). The van der Waals surface area contributed by atoms with Gasteiger partial charge in [-0.2, -0.15) is 0 Å². The van der Waals surface area contributed by atoms with Gasteiger partial charge in [-0.15, -0.1) is 0 Å². The monoisotopic (exact) mass is 195 g/mol. The van der Waals surface area contributed by atoms with E-state index in [1.54, 1.807) is 0 Å². The van der Waals surface area contributed by atoms with Crippen LogP contribution < -0.4 is 0 Å². The van der Waals surface area contributed by atoms with E-state index in [2.05, 4.69) is 25.9 Å². The first-order valence-electron chi connectivity index (χ1n) is 5.03. The predicted molar refractivity (Wildman–Crippen MR) is 58.0 cm³/mol. The number of halogens is 1. The van der Waals surface area contributed by atoms with Crippen molar-refractivity contribution < 1.29 is 4.39 Å². The van der Waals surface area contributed by atoms with Crippen molar-refractivity contribution in [2.75, 3.05) is 20.6 Å². The summed E-state index contributed by atoms with van der Waals surface area (Å²) in [5.41, 5.74) is 1.22. The van der Waals surface area contributed by atoms with Gasteiger partial charge in [-0.3, -0.25) is 0 Å². The Balaban J connectivity index is 2.73. The molecule has 0 aliphatic heterocycles. The minimum Gasteiger partial charge on any atom is -0.309 e. The number of hydrogen-bond acceptors (Lipinski definition) is 1. The molecular weight excluding hydrogens is 177 g/mol. The molecule has 78 valence electrons. The van der Waals surface area contributed by atoms with Gasteiger partial charge in [-0.05, 0) is 44.1 Å². The zero-order valence-electron chi connectivity index (χ0n) is 9.13. The van der Waals surface area contributed by atoms with Gasteiger partial charge < -0.3 is 4.90 Å². The van der Waals surface area contributed by atoms with Crippen molar-refractivity contribution in [3.63, 3.8) is 0 Å². The summed E-state index contributed by atoms with van der Waals surface area (Å²) in [5.74, 6) is 0.346. The molecule has 0 amide bonds. The second-order valence-electron chi connectivity index (χ2n) is 3.92. The normalized spacial score (nSPS) is 13.2. The van der Waals surface area contributed by atoms with Gasteiger partial charge in [0.25, 0.3) is 0 Å². The third-order valence-electron chi connectivity index (χ3n) is 2.42. The van der Waals surface area contributed by atoms with E-state index in [4.69, 9.17) is 0 Å². The predicted octanol–water partition coefficient (Wildman–Crippen LogP) is 2.88. The van der Waals surface area contributed by atoms with Gasteiger partial charge in [0, 0.05) is 6.54 Å². The highest BCUT2D eigenvalue weighted by molar-refractivity contribution is 5.20. The molecule has 0 bridgehead atoms. The van der Waals surface area contributed by atoms with Crippen LogP contribution in [0.3, 0.4) is 0 Å². The summed E-state index contributed by atoms with van der Waals surface area (Å²) < 4.78 is 12.7. The lowest BCUT2D eigenvalue weighted by molar-refractivity contribution is 0.368. The second-order valence-corrected chi connectivity index (χ2v) is 3.92. The summed E-state index contributed by atoms with van der Waals surface area (Å²) in [4.78, 5) is 2.16. The Bertz CT molecular complexity index is 266. The standard InChI is InChI=1S/C12H18FN/c1-4-10(9-14(2)3)11-5-7-12(13)8-6-11/h5-8,10H,4,9H2,1-3H3. The van der Waals surface area contributed by atoms with E-state index in [0.717, 1.165) is 13.0 Å². The molecule has 0 N–H and O–H groups in total. The molecule has 0 aliphatic rings. The molecule has 14 heavy (non-hydrogen) atoms. The van der Waals surface area contributed by atoms with E-state index in [9.17, 15) is 4.39 Å². The molecule has 1 aromatic rings. The maximum Gasteiger partial charge on any atom is 0.123 e. The van der Waals surface area contributed by atoms with Gasteiger partial charge in [-0.1, -0.05) is 19.1 Å². The summed E-state index contributed by atoms with van der Waals surface area (Å²) in [6.45, 7) is 3.18. The molecule has 1 atom stereocenters. The maximum atomic E-state index is 12.7. The summed E-state index contributed by atoms with van der Waals surface area (Å²) in [7, 11) is 4.12. The van der Waals surface area contributed by atoms with E-state index >= 15 is 0 Å². The molecular formula is C12H18FN. The average Bonchev–Trinajstić information content (AvgIpc) is 2.15. The molecule has 0 saturated carbocycles. The Hall–Kier alpha value is -0.890. The van der Waals surface area contributed by atoms with Crippen LogP contribution in [-0.4, -0.2) is 25.5 Å². The Labute approximate surface area is 85.5 Å². The molecule has 0 fully saturated rings. The Morgan fingerprint density at radius 3 is 2.21 bits per heavy atom. The van der Waals surface area contributed by atoms with Gasteiger partial charge in [0.1, 0.15) is 5.82 Å². The first kappa shape index (κ1) is 11.2. The fourth-order valence-corrected chi connectivity index (χ4v) is 1.65. The van der Waals surface area contributed by atoms with Gasteiger partial charge in [0.15, 0.2) is 0 Å². The van der Waals surface area contributed by atoms with Crippen LogP contribution in [0.4, 0.5) is 4.39 Å². The van der Waals surface area contributed by atoms with E-state index in [-0.39, 0.29) is 5.82 Å². The topological polar surface area (TPSA) is 3.24 Å². The molecule has 2 heteroatoms. The van der Waals surface area contributed by atoms with Gasteiger partial charge in [0.2, 0.25) is 0 Å². The molecule has 0 spiro atoms. The third-order valence-corrected chi connectivity index (χ3v) is 2.42. The zero-order valence-corrected chi connectivity index (χ0v) is 9.13. The fraction of sp³-hybridized carbons (Fsp3) is 0.500.